The Morgan fingerprint density at radius 3 is 2.83 bits per heavy atom. The van der Waals surface area contributed by atoms with Crippen LogP contribution in [0.3, 0.4) is 0 Å². The molecule has 0 spiro atoms. The van der Waals surface area contributed by atoms with Crippen molar-refractivity contribution in [2.24, 2.45) is 5.73 Å². The maximum atomic E-state index is 11.8. The first kappa shape index (κ1) is 12.9. The van der Waals surface area contributed by atoms with E-state index in [9.17, 15) is 9.90 Å². The van der Waals surface area contributed by atoms with Crippen molar-refractivity contribution < 1.29 is 14.6 Å². The Bertz CT molecular complexity index is 396. The summed E-state index contributed by atoms with van der Waals surface area (Å²) in [6.45, 7) is 1.03. The van der Waals surface area contributed by atoms with Crippen LogP contribution < -0.4 is 5.73 Å². The first-order chi connectivity index (χ1) is 8.66. The minimum atomic E-state index is -0.664. The Morgan fingerprint density at radius 1 is 1.44 bits per heavy atom. The van der Waals surface area contributed by atoms with Gasteiger partial charge >= 0.3 is 6.09 Å². The quantitative estimate of drug-likeness (QED) is 0.811. The highest BCUT2D eigenvalue weighted by molar-refractivity contribution is 5.67. The summed E-state index contributed by atoms with van der Waals surface area (Å²) >= 11 is 0. The molecule has 1 amide bonds. The number of aliphatic hydroxyl groups is 1. The third-order valence-corrected chi connectivity index (χ3v) is 3.10. The zero-order valence-corrected chi connectivity index (χ0v) is 10.2. The maximum Gasteiger partial charge on any atom is 0.410 e. The zero-order chi connectivity index (χ0) is 13.0. The van der Waals surface area contributed by atoms with Gasteiger partial charge in [0.2, 0.25) is 0 Å². The third-order valence-electron chi connectivity index (χ3n) is 3.10. The number of rotatable bonds is 2. The molecule has 1 aliphatic rings. The molecule has 1 aromatic rings. The van der Waals surface area contributed by atoms with Crippen molar-refractivity contribution in [3.63, 3.8) is 0 Å². The minimum Gasteiger partial charge on any atom is -0.445 e. The molecule has 1 aromatic carbocycles. The molecule has 2 rings (SSSR count). The van der Waals surface area contributed by atoms with Gasteiger partial charge in [-0.2, -0.15) is 0 Å². The Hall–Kier alpha value is -1.59. The molecular formula is C13H18N2O3. The van der Waals surface area contributed by atoms with Crippen molar-refractivity contribution in [2.75, 3.05) is 13.1 Å². The molecule has 2 atom stereocenters. The summed E-state index contributed by atoms with van der Waals surface area (Å²) in [6.07, 6.45) is -0.463. The van der Waals surface area contributed by atoms with E-state index in [1.165, 1.54) is 4.90 Å². The molecule has 18 heavy (non-hydrogen) atoms. The number of amides is 1. The lowest BCUT2D eigenvalue weighted by atomic mass is 10.0. The predicted molar refractivity (Wildman–Crippen MR) is 66.8 cm³/mol. The molecule has 1 saturated heterocycles. The molecule has 3 N–H and O–H groups in total. The van der Waals surface area contributed by atoms with E-state index in [0.717, 1.165) is 5.56 Å². The number of benzene rings is 1. The topological polar surface area (TPSA) is 75.8 Å². The van der Waals surface area contributed by atoms with Gasteiger partial charge < -0.3 is 20.5 Å². The van der Waals surface area contributed by atoms with Crippen LogP contribution in [-0.4, -0.2) is 41.3 Å². The Kier molecular flexibility index (Phi) is 4.17. The number of carbonyl (C=O) groups is 1. The maximum absolute atomic E-state index is 11.8. The lowest BCUT2D eigenvalue weighted by Gasteiger charge is -2.33. The van der Waals surface area contributed by atoms with Gasteiger partial charge in [-0.05, 0) is 12.0 Å². The van der Waals surface area contributed by atoms with Crippen molar-refractivity contribution >= 4 is 6.09 Å². The highest BCUT2D eigenvalue weighted by Crippen LogP contribution is 2.11. The first-order valence-corrected chi connectivity index (χ1v) is 6.06. The lowest BCUT2D eigenvalue weighted by molar-refractivity contribution is 0.0360. The van der Waals surface area contributed by atoms with Crippen LogP contribution in [0.15, 0.2) is 30.3 Å². The second kappa shape index (κ2) is 5.84. The van der Waals surface area contributed by atoms with E-state index >= 15 is 0 Å². The number of carbonyl (C=O) groups excluding carboxylic acids is 1. The summed E-state index contributed by atoms with van der Waals surface area (Å²) in [4.78, 5) is 13.3. The molecule has 0 aliphatic carbocycles. The summed E-state index contributed by atoms with van der Waals surface area (Å²) in [5.74, 6) is 0. The number of piperidine rings is 1. The van der Waals surface area contributed by atoms with Gasteiger partial charge in [0.15, 0.2) is 0 Å². The number of hydrogen-bond donors (Lipinski definition) is 2. The average Bonchev–Trinajstić information content (AvgIpc) is 2.40. The number of nitrogens with zero attached hydrogens (tertiary/aromatic N) is 1. The van der Waals surface area contributed by atoms with E-state index in [1.54, 1.807) is 0 Å². The lowest BCUT2D eigenvalue weighted by Crippen LogP contribution is -2.52. The summed E-state index contributed by atoms with van der Waals surface area (Å²) in [6, 6.07) is 9.25. The van der Waals surface area contributed by atoms with E-state index in [1.807, 2.05) is 30.3 Å². The van der Waals surface area contributed by atoms with Crippen LogP contribution in [0.2, 0.25) is 0 Å². The fourth-order valence-electron chi connectivity index (χ4n) is 1.93. The van der Waals surface area contributed by atoms with Crippen LogP contribution in [0, 0.1) is 0 Å². The number of β-amino-alcohol motifs (C(OH)–C–C–N with tert-alkyl or cyclic N) is 1. The van der Waals surface area contributed by atoms with Crippen molar-refractivity contribution in [1.29, 1.82) is 0 Å². The molecule has 0 unspecified atom stereocenters. The molecular weight excluding hydrogens is 232 g/mol. The van der Waals surface area contributed by atoms with Gasteiger partial charge in [-0.25, -0.2) is 4.79 Å². The first-order valence-electron chi connectivity index (χ1n) is 6.06. The monoisotopic (exact) mass is 250 g/mol. The van der Waals surface area contributed by atoms with Crippen LogP contribution in [0.25, 0.3) is 0 Å². The van der Waals surface area contributed by atoms with Gasteiger partial charge in [0.1, 0.15) is 6.61 Å². The van der Waals surface area contributed by atoms with Crippen molar-refractivity contribution in [3.8, 4) is 0 Å². The van der Waals surface area contributed by atoms with E-state index < -0.39 is 12.2 Å². The summed E-state index contributed by atoms with van der Waals surface area (Å²) < 4.78 is 5.19. The van der Waals surface area contributed by atoms with Gasteiger partial charge in [0, 0.05) is 12.6 Å². The van der Waals surface area contributed by atoms with Gasteiger partial charge in [0.05, 0.1) is 12.6 Å². The molecule has 0 saturated carbocycles. The van der Waals surface area contributed by atoms with Gasteiger partial charge in [0.25, 0.3) is 0 Å². The van der Waals surface area contributed by atoms with Gasteiger partial charge in [-0.15, -0.1) is 0 Å². The summed E-state index contributed by atoms with van der Waals surface area (Å²) in [5.41, 5.74) is 6.62. The second-order valence-electron chi connectivity index (χ2n) is 4.51. The van der Waals surface area contributed by atoms with Crippen LogP contribution in [-0.2, 0) is 11.3 Å². The number of nitrogens with two attached hydrogens (primary N) is 1. The van der Waals surface area contributed by atoms with E-state index in [2.05, 4.69) is 0 Å². The number of likely N-dealkylation sites (tertiary alicyclic amines) is 1. The van der Waals surface area contributed by atoms with Gasteiger partial charge in [-0.1, -0.05) is 30.3 Å². The van der Waals surface area contributed by atoms with E-state index in [4.69, 9.17) is 10.5 Å². The fraction of sp³-hybridized carbons (Fsp3) is 0.462. The van der Waals surface area contributed by atoms with E-state index in [0.29, 0.717) is 13.0 Å². The molecule has 0 aromatic heterocycles. The number of hydrogen-bond acceptors (Lipinski definition) is 4. The molecule has 0 bridgehead atoms. The number of aliphatic hydroxyl groups excluding tert-OH is 1. The fourth-order valence-corrected chi connectivity index (χ4v) is 1.93. The molecule has 1 fully saturated rings. The molecule has 98 valence electrons. The molecule has 5 nitrogen and oxygen atoms in total. The largest absolute Gasteiger partial charge is 0.445 e. The molecule has 0 radical (unpaired) electrons. The van der Waals surface area contributed by atoms with Crippen LogP contribution in [0.4, 0.5) is 4.79 Å². The van der Waals surface area contributed by atoms with E-state index in [-0.39, 0.29) is 19.2 Å². The normalized spacial score (nSPS) is 23.8. The Balaban J connectivity index is 1.82. The zero-order valence-electron chi connectivity index (χ0n) is 10.2. The SMILES string of the molecule is N[C@@H]1CCN(C(=O)OCc2ccccc2)C[C@@H]1O. The van der Waals surface area contributed by atoms with Crippen molar-refractivity contribution in [3.05, 3.63) is 35.9 Å². The summed E-state index contributed by atoms with van der Waals surface area (Å²) in [5, 5.41) is 9.61. The molecule has 1 heterocycles. The average molecular weight is 250 g/mol. The van der Waals surface area contributed by atoms with Crippen LogP contribution in [0.5, 0.6) is 0 Å². The smallest absolute Gasteiger partial charge is 0.410 e. The Labute approximate surface area is 106 Å². The standard InChI is InChI=1S/C13H18N2O3/c14-11-6-7-15(8-12(11)16)13(17)18-9-10-4-2-1-3-5-10/h1-5,11-12,16H,6-9,14H2/t11-,12+/m1/s1. The predicted octanol–water partition coefficient (Wildman–Crippen LogP) is 0.717. The van der Waals surface area contributed by atoms with Gasteiger partial charge in [-0.3, -0.25) is 0 Å². The summed E-state index contributed by atoms with van der Waals surface area (Å²) in [7, 11) is 0. The minimum absolute atomic E-state index is 0.245. The van der Waals surface area contributed by atoms with Crippen LogP contribution >= 0.6 is 0 Å². The Morgan fingerprint density at radius 2 is 2.17 bits per heavy atom. The third kappa shape index (κ3) is 3.21. The highest BCUT2D eigenvalue weighted by Gasteiger charge is 2.28. The highest BCUT2D eigenvalue weighted by atomic mass is 16.6. The van der Waals surface area contributed by atoms with Crippen LogP contribution in [0.1, 0.15) is 12.0 Å². The second-order valence-corrected chi connectivity index (χ2v) is 4.51. The number of ether oxygens (including phenoxy) is 1. The van der Waals surface area contributed by atoms with Crippen molar-refractivity contribution in [1.82, 2.24) is 4.90 Å². The molecule has 1 aliphatic heterocycles. The molecule has 5 heteroatoms. The van der Waals surface area contributed by atoms with Crippen molar-refractivity contribution in [2.45, 2.75) is 25.2 Å².